The van der Waals surface area contributed by atoms with Gasteiger partial charge in [-0.2, -0.15) is 0 Å². The molecule has 0 saturated carbocycles. The molecule has 2 N–H and O–H groups in total. The minimum Gasteiger partial charge on any atom is -0.393 e. The fourth-order valence-electron chi connectivity index (χ4n) is 3.03. The van der Waals surface area contributed by atoms with Crippen molar-refractivity contribution in [1.82, 2.24) is 14.9 Å². The molecule has 0 unspecified atom stereocenters. The summed E-state index contributed by atoms with van der Waals surface area (Å²) in [4.78, 5) is 16.5. The standard InChI is InChI=1S/C21H24FN3O2/c1-15(26)10-11-21(27)23-13-12-20-24-18-8-4-5-9-19(18)25(20)14-16-6-2-3-7-17(16)22/h2-9,15,26H,10-14H2,1H3,(H,23,27)/t15-/m0/s1. The highest BCUT2D eigenvalue weighted by atomic mass is 19.1. The second-order valence-electron chi connectivity index (χ2n) is 6.68. The largest absolute Gasteiger partial charge is 0.393 e. The van der Waals surface area contributed by atoms with E-state index in [1.165, 1.54) is 6.07 Å². The molecule has 1 heterocycles. The van der Waals surface area contributed by atoms with Gasteiger partial charge in [-0.1, -0.05) is 30.3 Å². The minimum absolute atomic E-state index is 0.0901. The molecule has 0 aliphatic heterocycles. The van der Waals surface area contributed by atoms with E-state index in [2.05, 4.69) is 10.3 Å². The number of aliphatic hydroxyl groups is 1. The number of fused-ring (bicyclic) bond motifs is 1. The highest BCUT2D eigenvalue weighted by molar-refractivity contribution is 5.76. The molecule has 0 spiro atoms. The van der Waals surface area contributed by atoms with Crippen molar-refractivity contribution in [2.75, 3.05) is 6.54 Å². The quantitative estimate of drug-likeness (QED) is 0.641. The van der Waals surface area contributed by atoms with Gasteiger partial charge in [-0.05, 0) is 31.5 Å². The van der Waals surface area contributed by atoms with Gasteiger partial charge in [0.05, 0.1) is 23.7 Å². The average Bonchev–Trinajstić information content (AvgIpc) is 2.99. The third kappa shape index (κ3) is 4.92. The van der Waals surface area contributed by atoms with Crippen LogP contribution in [0.1, 0.15) is 31.2 Å². The van der Waals surface area contributed by atoms with E-state index in [4.69, 9.17) is 0 Å². The summed E-state index contributed by atoms with van der Waals surface area (Å²) in [5.74, 6) is 0.468. The van der Waals surface area contributed by atoms with Crippen molar-refractivity contribution in [3.63, 3.8) is 0 Å². The molecule has 0 bridgehead atoms. The van der Waals surface area contributed by atoms with Gasteiger partial charge in [-0.15, -0.1) is 0 Å². The van der Waals surface area contributed by atoms with E-state index in [0.29, 0.717) is 37.9 Å². The Labute approximate surface area is 157 Å². The van der Waals surface area contributed by atoms with Gasteiger partial charge in [0, 0.05) is 24.9 Å². The number of halogens is 1. The maximum Gasteiger partial charge on any atom is 0.220 e. The van der Waals surface area contributed by atoms with E-state index < -0.39 is 6.10 Å². The number of benzene rings is 2. The molecule has 3 aromatic rings. The Balaban J connectivity index is 1.75. The summed E-state index contributed by atoms with van der Waals surface area (Å²) in [6, 6.07) is 14.5. The van der Waals surface area contributed by atoms with E-state index in [-0.39, 0.29) is 11.7 Å². The summed E-state index contributed by atoms with van der Waals surface area (Å²) >= 11 is 0. The van der Waals surface area contributed by atoms with Gasteiger partial charge in [-0.25, -0.2) is 9.37 Å². The summed E-state index contributed by atoms with van der Waals surface area (Å²) in [5.41, 5.74) is 2.39. The van der Waals surface area contributed by atoms with Crippen molar-refractivity contribution in [1.29, 1.82) is 0 Å². The Morgan fingerprint density at radius 1 is 1.22 bits per heavy atom. The van der Waals surface area contributed by atoms with Crippen LogP contribution in [0.25, 0.3) is 11.0 Å². The van der Waals surface area contributed by atoms with Gasteiger partial charge in [0.25, 0.3) is 0 Å². The first-order valence-corrected chi connectivity index (χ1v) is 9.17. The number of nitrogens with one attached hydrogen (secondary N) is 1. The highest BCUT2D eigenvalue weighted by Crippen LogP contribution is 2.19. The van der Waals surface area contributed by atoms with Crippen LogP contribution in [-0.4, -0.2) is 33.2 Å². The molecule has 142 valence electrons. The minimum atomic E-state index is -0.485. The predicted molar refractivity (Wildman–Crippen MR) is 103 cm³/mol. The van der Waals surface area contributed by atoms with Crippen LogP contribution in [0, 0.1) is 5.82 Å². The molecule has 1 aromatic heterocycles. The van der Waals surface area contributed by atoms with Crippen molar-refractivity contribution >= 4 is 16.9 Å². The van der Waals surface area contributed by atoms with Crippen LogP contribution in [0.4, 0.5) is 4.39 Å². The van der Waals surface area contributed by atoms with Crippen molar-refractivity contribution in [3.8, 4) is 0 Å². The molecule has 2 aromatic carbocycles. The summed E-state index contributed by atoms with van der Waals surface area (Å²) in [6.07, 6.45) is 0.797. The number of carbonyl (C=O) groups excluding carboxylic acids is 1. The number of hydrogen-bond donors (Lipinski definition) is 2. The number of nitrogens with zero attached hydrogens (tertiary/aromatic N) is 2. The number of amides is 1. The average molecular weight is 369 g/mol. The number of aromatic nitrogens is 2. The highest BCUT2D eigenvalue weighted by Gasteiger charge is 2.13. The van der Waals surface area contributed by atoms with Crippen LogP contribution < -0.4 is 5.32 Å². The molecule has 1 atom stereocenters. The lowest BCUT2D eigenvalue weighted by atomic mass is 10.2. The summed E-state index contributed by atoms with van der Waals surface area (Å²) in [6.45, 7) is 2.50. The first kappa shape index (κ1) is 19.0. The van der Waals surface area contributed by atoms with Crippen LogP contribution in [0.15, 0.2) is 48.5 Å². The maximum absolute atomic E-state index is 14.1. The van der Waals surface area contributed by atoms with Gasteiger partial charge in [0.15, 0.2) is 0 Å². The van der Waals surface area contributed by atoms with Crippen molar-refractivity contribution in [3.05, 3.63) is 65.7 Å². The normalized spacial score (nSPS) is 12.3. The summed E-state index contributed by atoms with van der Waals surface area (Å²) in [5, 5.41) is 12.1. The van der Waals surface area contributed by atoms with Gasteiger partial charge in [0.2, 0.25) is 5.91 Å². The molecule has 0 aliphatic carbocycles. The second-order valence-corrected chi connectivity index (χ2v) is 6.68. The Morgan fingerprint density at radius 2 is 1.96 bits per heavy atom. The first-order chi connectivity index (χ1) is 13.0. The number of aliphatic hydroxyl groups excluding tert-OH is 1. The van der Waals surface area contributed by atoms with E-state index in [9.17, 15) is 14.3 Å². The van der Waals surface area contributed by atoms with Gasteiger partial charge >= 0.3 is 0 Å². The Morgan fingerprint density at radius 3 is 2.74 bits per heavy atom. The van der Waals surface area contributed by atoms with Crippen LogP contribution in [-0.2, 0) is 17.8 Å². The smallest absolute Gasteiger partial charge is 0.220 e. The molecule has 5 nitrogen and oxygen atoms in total. The van der Waals surface area contributed by atoms with Crippen molar-refractivity contribution in [2.24, 2.45) is 0 Å². The predicted octanol–water partition coefficient (Wildman–Crippen LogP) is 3.04. The van der Waals surface area contributed by atoms with E-state index >= 15 is 0 Å². The molecule has 1 amide bonds. The molecule has 0 aliphatic rings. The SMILES string of the molecule is C[C@H](O)CCC(=O)NCCc1nc2ccccc2n1Cc1ccccc1F. The monoisotopic (exact) mass is 369 g/mol. The maximum atomic E-state index is 14.1. The second kappa shape index (κ2) is 8.77. The van der Waals surface area contributed by atoms with E-state index in [0.717, 1.165) is 16.9 Å². The molecule has 0 fully saturated rings. The zero-order chi connectivity index (χ0) is 19.2. The number of carbonyl (C=O) groups is 1. The molecule has 6 heteroatoms. The lowest BCUT2D eigenvalue weighted by molar-refractivity contribution is -0.121. The number of hydrogen-bond acceptors (Lipinski definition) is 3. The van der Waals surface area contributed by atoms with Gasteiger partial charge in [0.1, 0.15) is 11.6 Å². The summed E-state index contributed by atoms with van der Waals surface area (Å²) < 4.78 is 16.1. The van der Waals surface area contributed by atoms with Gasteiger partial charge < -0.3 is 15.0 Å². The fraction of sp³-hybridized carbons (Fsp3) is 0.333. The van der Waals surface area contributed by atoms with Crippen molar-refractivity contribution in [2.45, 2.75) is 38.8 Å². The fourth-order valence-corrected chi connectivity index (χ4v) is 3.03. The third-order valence-electron chi connectivity index (χ3n) is 4.48. The Kier molecular flexibility index (Phi) is 6.19. The van der Waals surface area contributed by atoms with Crippen molar-refractivity contribution < 1.29 is 14.3 Å². The zero-order valence-electron chi connectivity index (χ0n) is 15.4. The third-order valence-corrected chi connectivity index (χ3v) is 4.48. The molecular weight excluding hydrogens is 345 g/mol. The first-order valence-electron chi connectivity index (χ1n) is 9.17. The van der Waals surface area contributed by atoms with E-state index in [1.54, 1.807) is 19.1 Å². The zero-order valence-corrected chi connectivity index (χ0v) is 15.4. The molecule has 0 radical (unpaired) electrons. The topological polar surface area (TPSA) is 67.2 Å². The number of rotatable bonds is 8. The number of para-hydroxylation sites is 2. The molecule has 3 rings (SSSR count). The lowest BCUT2D eigenvalue weighted by Gasteiger charge is -2.11. The Hall–Kier alpha value is -2.73. The van der Waals surface area contributed by atoms with Crippen LogP contribution in [0.2, 0.25) is 0 Å². The molecule has 27 heavy (non-hydrogen) atoms. The van der Waals surface area contributed by atoms with Crippen LogP contribution in [0.5, 0.6) is 0 Å². The van der Waals surface area contributed by atoms with E-state index in [1.807, 2.05) is 34.9 Å². The molecular formula is C21H24FN3O2. The number of imidazole rings is 1. The van der Waals surface area contributed by atoms with Crippen LogP contribution >= 0.6 is 0 Å². The lowest BCUT2D eigenvalue weighted by Crippen LogP contribution is -2.27. The summed E-state index contributed by atoms with van der Waals surface area (Å²) in [7, 11) is 0. The Bertz CT molecular complexity index is 921. The van der Waals surface area contributed by atoms with Crippen LogP contribution in [0.3, 0.4) is 0 Å². The molecule has 0 saturated heterocycles. The van der Waals surface area contributed by atoms with Gasteiger partial charge in [-0.3, -0.25) is 4.79 Å².